The minimum Gasteiger partial charge on any atom is -0.466 e. The van der Waals surface area contributed by atoms with Crippen molar-refractivity contribution in [3.63, 3.8) is 0 Å². The van der Waals surface area contributed by atoms with Crippen LogP contribution in [0, 0.1) is 19.3 Å². The van der Waals surface area contributed by atoms with Crippen LogP contribution in [0.3, 0.4) is 0 Å². The zero-order chi connectivity index (χ0) is 20.5. The second-order valence-corrected chi connectivity index (χ2v) is 9.08. The highest BCUT2D eigenvalue weighted by Gasteiger charge is 2.35. The molecule has 1 heterocycles. The third-order valence-electron chi connectivity index (χ3n) is 4.91. The Morgan fingerprint density at radius 1 is 1.25 bits per heavy atom. The molecule has 3 N–H and O–H groups in total. The number of halogens is 1. The molecular formula is C21H26BrN3O3. The van der Waals surface area contributed by atoms with Crippen LogP contribution in [-0.4, -0.2) is 18.5 Å². The largest absolute Gasteiger partial charge is 0.466 e. The van der Waals surface area contributed by atoms with E-state index in [2.05, 4.69) is 45.7 Å². The molecule has 0 aliphatic heterocycles. The third kappa shape index (κ3) is 4.95. The predicted octanol–water partition coefficient (Wildman–Crippen LogP) is 4.61. The fourth-order valence-electron chi connectivity index (χ4n) is 3.64. The van der Waals surface area contributed by atoms with Gasteiger partial charge in [-0.3, -0.25) is 4.79 Å². The van der Waals surface area contributed by atoms with E-state index in [1.54, 1.807) is 0 Å². The molecule has 2 aromatic rings. The number of urea groups is 1. The van der Waals surface area contributed by atoms with E-state index in [-0.39, 0.29) is 29.9 Å². The van der Waals surface area contributed by atoms with Crippen molar-refractivity contribution < 1.29 is 14.0 Å². The van der Waals surface area contributed by atoms with Crippen LogP contribution in [-0.2, 0) is 11.2 Å². The van der Waals surface area contributed by atoms with Crippen LogP contribution in [0.25, 0.3) is 0 Å². The lowest BCUT2D eigenvalue weighted by molar-refractivity contribution is -0.115. The Kier molecular flexibility index (Phi) is 5.84. The summed E-state index contributed by atoms with van der Waals surface area (Å²) in [6.45, 7) is 8.05. The summed E-state index contributed by atoms with van der Waals surface area (Å²) in [5, 5.41) is 8.44. The van der Waals surface area contributed by atoms with Crippen molar-refractivity contribution in [2.75, 3.05) is 11.9 Å². The molecule has 0 bridgehead atoms. The van der Waals surface area contributed by atoms with Crippen molar-refractivity contribution in [3.05, 3.63) is 51.4 Å². The van der Waals surface area contributed by atoms with Gasteiger partial charge in [-0.15, -0.1) is 0 Å². The molecule has 0 saturated heterocycles. The molecule has 1 aromatic heterocycles. The molecule has 1 aliphatic rings. The molecule has 1 aromatic carbocycles. The molecule has 1 aliphatic carbocycles. The van der Waals surface area contributed by atoms with E-state index in [1.165, 1.54) is 0 Å². The van der Waals surface area contributed by atoms with Gasteiger partial charge in [-0.25, -0.2) is 4.79 Å². The van der Waals surface area contributed by atoms with Crippen molar-refractivity contribution in [2.45, 2.75) is 46.6 Å². The number of carbonyl (C=O) groups excluding carboxylic acids is 2. The maximum atomic E-state index is 12.4. The van der Waals surface area contributed by atoms with Crippen molar-refractivity contribution in [2.24, 2.45) is 5.41 Å². The number of aryl methyl sites for hydroxylation is 2. The molecule has 28 heavy (non-hydrogen) atoms. The van der Waals surface area contributed by atoms with E-state index in [1.807, 2.05) is 38.1 Å². The van der Waals surface area contributed by atoms with E-state index in [4.69, 9.17) is 4.42 Å². The van der Waals surface area contributed by atoms with E-state index < -0.39 is 0 Å². The number of amides is 3. The molecule has 6 nitrogen and oxygen atoms in total. The Morgan fingerprint density at radius 3 is 2.71 bits per heavy atom. The van der Waals surface area contributed by atoms with Crippen molar-refractivity contribution in [1.29, 1.82) is 0 Å². The number of benzene rings is 1. The molecule has 150 valence electrons. The van der Waals surface area contributed by atoms with Gasteiger partial charge >= 0.3 is 6.03 Å². The number of nitrogens with one attached hydrogen (secondary N) is 3. The Labute approximate surface area is 173 Å². The number of fused-ring (bicyclic) bond motifs is 1. The predicted molar refractivity (Wildman–Crippen MR) is 112 cm³/mol. The number of hydrogen-bond acceptors (Lipinski definition) is 3. The molecule has 1 atom stereocenters. The Balaban J connectivity index is 1.56. The molecule has 0 spiro atoms. The summed E-state index contributed by atoms with van der Waals surface area (Å²) in [6, 6.07) is 7.09. The summed E-state index contributed by atoms with van der Waals surface area (Å²) in [7, 11) is 0. The molecule has 0 fully saturated rings. The van der Waals surface area contributed by atoms with Crippen LogP contribution in [0.1, 0.15) is 49.0 Å². The molecule has 3 amide bonds. The number of furan rings is 1. The van der Waals surface area contributed by atoms with Crippen LogP contribution in [0.2, 0.25) is 0 Å². The fraction of sp³-hybridized carbons (Fsp3) is 0.429. The standard InChI is InChI=1S/C21H26BrN3O3/c1-12-7-14(22)5-6-16(12)24-19(26)11-23-20(27)25-17-9-21(3,4)10-18-15(17)8-13(2)28-18/h5-8,17H,9-11H2,1-4H3,(H,24,26)(H2,23,25,27). The summed E-state index contributed by atoms with van der Waals surface area (Å²) in [5.41, 5.74) is 2.73. The Hall–Kier alpha value is -2.28. The molecular weight excluding hydrogens is 422 g/mol. The fourth-order valence-corrected chi connectivity index (χ4v) is 4.12. The maximum absolute atomic E-state index is 12.4. The lowest BCUT2D eigenvalue weighted by Crippen LogP contribution is -2.43. The minimum absolute atomic E-state index is 0.0335. The molecule has 0 saturated carbocycles. The first-order valence-corrected chi connectivity index (χ1v) is 10.1. The van der Waals surface area contributed by atoms with Crippen LogP contribution >= 0.6 is 15.9 Å². The number of carbonyl (C=O) groups is 2. The maximum Gasteiger partial charge on any atom is 0.315 e. The van der Waals surface area contributed by atoms with Gasteiger partial charge < -0.3 is 20.4 Å². The van der Waals surface area contributed by atoms with Gasteiger partial charge in [0.15, 0.2) is 0 Å². The molecule has 7 heteroatoms. The van der Waals surface area contributed by atoms with Crippen LogP contribution in [0.4, 0.5) is 10.5 Å². The summed E-state index contributed by atoms with van der Waals surface area (Å²) in [5.74, 6) is 1.51. The van der Waals surface area contributed by atoms with Gasteiger partial charge in [0.25, 0.3) is 0 Å². The van der Waals surface area contributed by atoms with Gasteiger partial charge in [0.2, 0.25) is 5.91 Å². The zero-order valence-electron chi connectivity index (χ0n) is 16.6. The van der Waals surface area contributed by atoms with Gasteiger partial charge in [-0.2, -0.15) is 0 Å². The quantitative estimate of drug-likeness (QED) is 0.639. The SMILES string of the molecule is Cc1cc2c(o1)CC(C)(C)CC2NC(=O)NCC(=O)Nc1ccc(Br)cc1C. The van der Waals surface area contributed by atoms with E-state index >= 15 is 0 Å². The second-order valence-electron chi connectivity index (χ2n) is 8.17. The smallest absolute Gasteiger partial charge is 0.315 e. The zero-order valence-corrected chi connectivity index (χ0v) is 18.2. The summed E-state index contributed by atoms with van der Waals surface area (Å²) >= 11 is 3.40. The highest BCUT2D eigenvalue weighted by atomic mass is 79.9. The molecule has 3 rings (SSSR count). The van der Waals surface area contributed by atoms with Crippen molar-refractivity contribution in [3.8, 4) is 0 Å². The number of anilines is 1. The topological polar surface area (TPSA) is 83.4 Å². The van der Waals surface area contributed by atoms with Gasteiger partial charge in [0.05, 0.1) is 12.6 Å². The van der Waals surface area contributed by atoms with Gasteiger partial charge in [0.1, 0.15) is 11.5 Å². The van der Waals surface area contributed by atoms with Crippen molar-refractivity contribution >= 4 is 33.6 Å². The first-order valence-electron chi connectivity index (χ1n) is 9.32. The van der Waals surface area contributed by atoms with Gasteiger partial charge in [-0.05, 0) is 55.5 Å². The average molecular weight is 448 g/mol. The summed E-state index contributed by atoms with van der Waals surface area (Å²) in [6.07, 6.45) is 1.67. The normalized spacial score (nSPS) is 17.5. The highest BCUT2D eigenvalue weighted by Crippen LogP contribution is 2.41. The van der Waals surface area contributed by atoms with E-state index in [0.29, 0.717) is 0 Å². The second kappa shape index (κ2) is 7.99. The number of hydrogen-bond donors (Lipinski definition) is 3. The van der Waals surface area contributed by atoms with Gasteiger partial charge in [-0.1, -0.05) is 29.8 Å². The summed E-state index contributed by atoms with van der Waals surface area (Å²) in [4.78, 5) is 24.5. The van der Waals surface area contributed by atoms with Crippen molar-refractivity contribution in [1.82, 2.24) is 10.6 Å². The Bertz CT molecular complexity index is 904. The molecule has 0 radical (unpaired) electrons. The lowest BCUT2D eigenvalue weighted by atomic mass is 9.75. The number of rotatable bonds is 4. The van der Waals surface area contributed by atoms with E-state index in [0.717, 1.165) is 45.6 Å². The first-order chi connectivity index (χ1) is 13.1. The van der Waals surface area contributed by atoms with Gasteiger partial charge in [0, 0.05) is 22.1 Å². The van der Waals surface area contributed by atoms with E-state index in [9.17, 15) is 9.59 Å². The summed E-state index contributed by atoms with van der Waals surface area (Å²) < 4.78 is 6.75. The average Bonchev–Trinajstić information content (AvgIpc) is 2.94. The highest BCUT2D eigenvalue weighted by molar-refractivity contribution is 9.10. The van der Waals surface area contributed by atoms with Crippen LogP contribution in [0.15, 0.2) is 33.2 Å². The van der Waals surface area contributed by atoms with Crippen LogP contribution in [0.5, 0.6) is 0 Å². The molecule has 1 unspecified atom stereocenters. The lowest BCUT2D eigenvalue weighted by Gasteiger charge is -2.34. The Morgan fingerprint density at radius 2 is 2.00 bits per heavy atom. The third-order valence-corrected chi connectivity index (χ3v) is 5.41. The van der Waals surface area contributed by atoms with Crippen LogP contribution < -0.4 is 16.0 Å². The first kappa shape index (κ1) is 20.5. The minimum atomic E-state index is -0.366. The monoisotopic (exact) mass is 447 g/mol.